The third-order valence-corrected chi connectivity index (χ3v) is 3.31. The lowest BCUT2D eigenvalue weighted by atomic mass is 10.1. The summed E-state index contributed by atoms with van der Waals surface area (Å²) in [6.45, 7) is 5.96. The van der Waals surface area contributed by atoms with Crippen LogP contribution in [0.2, 0.25) is 0 Å². The highest BCUT2D eigenvalue weighted by atomic mass is 16.5. The summed E-state index contributed by atoms with van der Waals surface area (Å²) in [4.78, 5) is 20.0. The Kier molecular flexibility index (Phi) is 3.21. The maximum Gasteiger partial charge on any atom is 0.286 e. The molecule has 1 aromatic heterocycles. The lowest BCUT2D eigenvalue weighted by molar-refractivity contribution is -0.114. The summed E-state index contributed by atoms with van der Waals surface area (Å²) in [7, 11) is 0. The van der Waals surface area contributed by atoms with Gasteiger partial charge in [-0.1, -0.05) is 12.1 Å². The lowest BCUT2D eigenvalue weighted by Crippen LogP contribution is -2.23. The molecular weight excluding hydrogens is 268 g/mol. The molecule has 0 fully saturated rings. The smallest absolute Gasteiger partial charge is 0.286 e. The number of para-hydroxylation sites is 2. The number of nitrogens with one attached hydrogen (secondary N) is 1. The van der Waals surface area contributed by atoms with Crippen LogP contribution in [0.4, 0.5) is 5.95 Å². The number of aromatic amines is 1. The van der Waals surface area contributed by atoms with E-state index in [4.69, 9.17) is 4.74 Å². The van der Waals surface area contributed by atoms with E-state index in [0.717, 1.165) is 11.0 Å². The molecule has 0 atom stereocenters. The topological polar surface area (TPSA) is 70.6 Å². The number of fused-ring (bicyclic) bond motifs is 1. The number of amides is 1. The first-order chi connectivity index (χ1) is 10.1. The van der Waals surface area contributed by atoms with Crippen molar-refractivity contribution >= 4 is 28.6 Å². The van der Waals surface area contributed by atoms with Crippen LogP contribution >= 0.6 is 0 Å². The van der Waals surface area contributed by atoms with Gasteiger partial charge in [0.25, 0.3) is 5.91 Å². The van der Waals surface area contributed by atoms with E-state index in [1.54, 1.807) is 13.8 Å². The Morgan fingerprint density at radius 2 is 2.14 bits per heavy atom. The Hall–Kier alpha value is -2.63. The molecule has 108 valence electrons. The van der Waals surface area contributed by atoms with Gasteiger partial charge in [-0.05, 0) is 32.9 Å². The van der Waals surface area contributed by atoms with E-state index in [9.17, 15) is 4.79 Å². The molecule has 0 radical (unpaired) electrons. The second kappa shape index (κ2) is 5.05. The number of allylic oxidation sites excluding steroid dienone is 1. The van der Waals surface area contributed by atoms with Crippen molar-refractivity contribution in [1.29, 1.82) is 0 Å². The molecule has 3 rings (SSSR count). The number of nitrogens with zero attached hydrogens (tertiary/aromatic N) is 3. The van der Waals surface area contributed by atoms with E-state index < -0.39 is 0 Å². The molecule has 0 bridgehead atoms. The first-order valence-corrected chi connectivity index (χ1v) is 6.80. The van der Waals surface area contributed by atoms with Crippen LogP contribution < -0.4 is 5.01 Å². The van der Waals surface area contributed by atoms with Crippen LogP contribution in [0, 0.1) is 0 Å². The van der Waals surface area contributed by atoms with Gasteiger partial charge >= 0.3 is 0 Å². The molecule has 1 aromatic carbocycles. The van der Waals surface area contributed by atoms with E-state index in [0.29, 0.717) is 29.6 Å². The largest absolute Gasteiger partial charge is 0.498 e. The number of hydrogen-bond acceptors (Lipinski definition) is 4. The fourth-order valence-electron chi connectivity index (χ4n) is 2.38. The van der Waals surface area contributed by atoms with Gasteiger partial charge in [0.2, 0.25) is 5.95 Å². The van der Waals surface area contributed by atoms with E-state index >= 15 is 0 Å². The van der Waals surface area contributed by atoms with E-state index in [-0.39, 0.29) is 5.91 Å². The molecule has 0 unspecified atom stereocenters. The normalized spacial score (nSPS) is 17.4. The Morgan fingerprint density at radius 3 is 2.86 bits per heavy atom. The van der Waals surface area contributed by atoms with Crippen molar-refractivity contribution < 1.29 is 9.53 Å². The van der Waals surface area contributed by atoms with Gasteiger partial charge in [-0.3, -0.25) is 4.79 Å². The predicted octanol–water partition coefficient (Wildman–Crippen LogP) is 2.60. The molecule has 0 saturated heterocycles. The van der Waals surface area contributed by atoms with Gasteiger partial charge < -0.3 is 9.72 Å². The van der Waals surface area contributed by atoms with Crippen LogP contribution in [0.3, 0.4) is 0 Å². The minimum Gasteiger partial charge on any atom is -0.498 e. The van der Waals surface area contributed by atoms with E-state index in [2.05, 4.69) is 15.1 Å². The summed E-state index contributed by atoms with van der Waals surface area (Å²) in [6, 6.07) is 7.60. The zero-order chi connectivity index (χ0) is 15.0. The fourth-order valence-corrected chi connectivity index (χ4v) is 2.38. The number of aromatic nitrogens is 2. The van der Waals surface area contributed by atoms with Crippen LogP contribution in [0.1, 0.15) is 20.8 Å². The zero-order valence-electron chi connectivity index (χ0n) is 12.2. The van der Waals surface area contributed by atoms with Crippen molar-refractivity contribution in [3.05, 3.63) is 35.6 Å². The standard InChI is InChI=1S/C15H16N4O2/c1-4-21-10(3)13-9(2)18-19(14(13)20)15-16-11-7-5-6-8-12(11)17-15/h5-8H,4H2,1-3H3,(H,16,17). The molecule has 1 amide bonds. The molecule has 0 spiro atoms. The third-order valence-electron chi connectivity index (χ3n) is 3.31. The Morgan fingerprint density at radius 1 is 1.38 bits per heavy atom. The van der Waals surface area contributed by atoms with Gasteiger partial charge in [-0.25, -0.2) is 4.98 Å². The number of anilines is 1. The molecule has 2 aromatic rings. The van der Waals surface area contributed by atoms with Gasteiger partial charge in [0, 0.05) is 0 Å². The summed E-state index contributed by atoms with van der Waals surface area (Å²) in [5.41, 5.74) is 2.79. The second-order valence-electron chi connectivity index (χ2n) is 4.74. The van der Waals surface area contributed by atoms with Crippen molar-refractivity contribution in [2.24, 2.45) is 5.10 Å². The highest BCUT2D eigenvalue weighted by molar-refractivity contribution is 6.29. The number of rotatable bonds is 3. The molecule has 1 aliphatic rings. The average molecular weight is 284 g/mol. The maximum atomic E-state index is 12.5. The van der Waals surface area contributed by atoms with Crippen LogP contribution in [0.5, 0.6) is 0 Å². The Bertz CT molecular complexity index is 740. The minimum atomic E-state index is -0.225. The highest BCUT2D eigenvalue weighted by Crippen LogP contribution is 2.25. The average Bonchev–Trinajstić information content (AvgIpc) is 3.00. The molecule has 0 saturated carbocycles. The molecule has 6 heteroatoms. The second-order valence-corrected chi connectivity index (χ2v) is 4.74. The minimum absolute atomic E-state index is 0.225. The van der Waals surface area contributed by atoms with Gasteiger partial charge in [0.05, 0.1) is 23.4 Å². The summed E-state index contributed by atoms with van der Waals surface area (Å²) < 4.78 is 5.43. The fraction of sp³-hybridized carbons (Fsp3) is 0.267. The van der Waals surface area contributed by atoms with Crippen LogP contribution in [0.15, 0.2) is 40.7 Å². The third kappa shape index (κ3) is 2.18. The van der Waals surface area contributed by atoms with E-state index in [1.807, 2.05) is 31.2 Å². The van der Waals surface area contributed by atoms with E-state index in [1.165, 1.54) is 5.01 Å². The Labute approximate surface area is 122 Å². The van der Waals surface area contributed by atoms with Crippen molar-refractivity contribution in [2.45, 2.75) is 20.8 Å². The lowest BCUT2D eigenvalue weighted by Gasteiger charge is -2.09. The van der Waals surface area contributed by atoms with Crippen molar-refractivity contribution in [3.8, 4) is 0 Å². The molecule has 21 heavy (non-hydrogen) atoms. The molecular formula is C15H16N4O2. The summed E-state index contributed by atoms with van der Waals surface area (Å²) >= 11 is 0. The molecule has 1 N–H and O–H groups in total. The van der Waals surface area contributed by atoms with Gasteiger partial charge in [0.15, 0.2) is 0 Å². The number of carbonyl (C=O) groups excluding carboxylic acids is 1. The predicted molar refractivity (Wildman–Crippen MR) is 81.0 cm³/mol. The van der Waals surface area contributed by atoms with Crippen molar-refractivity contribution in [3.63, 3.8) is 0 Å². The number of hydrazone groups is 1. The van der Waals surface area contributed by atoms with Gasteiger partial charge in [-0.2, -0.15) is 10.1 Å². The summed E-state index contributed by atoms with van der Waals surface area (Å²) in [6.07, 6.45) is 0. The Balaban J connectivity index is 2.01. The molecule has 6 nitrogen and oxygen atoms in total. The van der Waals surface area contributed by atoms with Crippen molar-refractivity contribution in [1.82, 2.24) is 9.97 Å². The molecule has 2 heterocycles. The number of benzene rings is 1. The number of ether oxygens (including phenoxy) is 1. The highest BCUT2D eigenvalue weighted by Gasteiger charge is 2.33. The zero-order valence-corrected chi connectivity index (χ0v) is 12.2. The monoisotopic (exact) mass is 284 g/mol. The van der Waals surface area contributed by atoms with Gasteiger partial charge in [0.1, 0.15) is 11.3 Å². The quantitative estimate of drug-likeness (QED) is 0.695. The van der Waals surface area contributed by atoms with Crippen LogP contribution in [-0.4, -0.2) is 28.2 Å². The van der Waals surface area contributed by atoms with Gasteiger partial charge in [-0.15, -0.1) is 0 Å². The van der Waals surface area contributed by atoms with Crippen LogP contribution in [-0.2, 0) is 9.53 Å². The van der Waals surface area contributed by atoms with Crippen LogP contribution in [0.25, 0.3) is 11.0 Å². The number of imidazole rings is 1. The number of hydrogen-bond donors (Lipinski definition) is 1. The number of carbonyl (C=O) groups is 1. The first-order valence-electron chi connectivity index (χ1n) is 6.80. The maximum absolute atomic E-state index is 12.5. The first kappa shape index (κ1) is 13.4. The molecule has 1 aliphatic heterocycles. The molecule has 0 aliphatic carbocycles. The number of H-pyrrole nitrogens is 1. The summed E-state index contributed by atoms with van der Waals surface area (Å²) in [5.74, 6) is 0.778. The SMILES string of the molecule is CCOC(C)=C1C(=O)N(c2nc3ccccc3[nH]2)N=C1C. The van der Waals surface area contributed by atoms with Crippen molar-refractivity contribution in [2.75, 3.05) is 11.6 Å². The summed E-state index contributed by atoms with van der Waals surface area (Å²) in [5, 5.41) is 5.57.